The van der Waals surface area contributed by atoms with Crippen LogP contribution in [0.4, 0.5) is 5.69 Å². The Labute approximate surface area is 130 Å². The van der Waals surface area contributed by atoms with Gasteiger partial charge < -0.3 is 10.3 Å². The highest BCUT2D eigenvalue weighted by atomic mass is 32.2. The molecule has 1 aromatic carbocycles. The van der Waals surface area contributed by atoms with Crippen LogP contribution in [0.5, 0.6) is 0 Å². The van der Waals surface area contributed by atoms with Crippen LogP contribution in [0.15, 0.2) is 40.3 Å². The second-order valence-electron chi connectivity index (χ2n) is 4.49. The van der Waals surface area contributed by atoms with Gasteiger partial charge in [-0.3, -0.25) is 9.59 Å². The van der Waals surface area contributed by atoms with Crippen molar-refractivity contribution >= 4 is 35.1 Å². The van der Waals surface area contributed by atoms with Crippen LogP contribution >= 0.6 is 23.5 Å². The SMILES string of the molecule is O=C(CSc1nc2c(c(=O)[nH]1)CSC2)Nc1ccccc1. The molecule has 7 heteroatoms. The Morgan fingerprint density at radius 1 is 1.33 bits per heavy atom. The molecular weight excluding hydrogens is 306 g/mol. The number of nitrogens with zero attached hydrogens (tertiary/aromatic N) is 1. The van der Waals surface area contributed by atoms with Crippen LogP contribution in [-0.4, -0.2) is 21.6 Å². The summed E-state index contributed by atoms with van der Waals surface area (Å²) in [5.41, 5.74) is 2.28. The lowest BCUT2D eigenvalue weighted by molar-refractivity contribution is -0.113. The molecule has 1 aliphatic rings. The third kappa shape index (κ3) is 3.48. The van der Waals surface area contributed by atoms with E-state index in [9.17, 15) is 9.59 Å². The summed E-state index contributed by atoms with van der Waals surface area (Å²) in [5.74, 6) is 1.58. The van der Waals surface area contributed by atoms with Gasteiger partial charge >= 0.3 is 0 Å². The van der Waals surface area contributed by atoms with Gasteiger partial charge in [0.2, 0.25) is 5.91 Å². The maximum absolute atomic E-state index is 11.8. The molecule has 0 radical (unpaired) electrons. The van der Waals surface area contributed by atoms with E-state index in [4.69, 9.17) is 0 Å². The van der Waals surface area contributed by atoms with Crippen LogP contribution < -0.4 is 10.9 Å². The maximum Gasteiger partial charge on any atom is 0.255 e. The summed E-state index contributed by atoms with van der Waals surface area (Å²) in [6.07, 6.45) is 0. The number of thioether (sulfide) groups is 2. The number of nitrogens with one attached hydrogen (secondary N) is 2. The van der Waals surface area contributed by atoms with Crippen LogP contribution in [0, 0.1) is 0 Å². The van der Waals surface area contributed by atoms with Crippen LogP contribution in [0.1, 0.15) is 11.3 Å². The van der Waals surface area contributed by atoms with E-state index < -0.39 is 0 Å². The zero-order valence-corrected chi connectivity index (χ0v) is 12.7. The monoisotopic (exact) mass is 319 g/mol. The number of benzene rings is 1. The smallest absolute Gasteiger partial charge is 0.255 e. The van der Waals surface area contributed by atoms with E-state index in [1.807, 2.05) is 30.3 Å². The Balaban J connectivity index is 1.62. The highest BCUT2D eigenvalue weighted by Crippen LogP contribution is 2.26. The predicted molar refractivity (Wildman–Crippen MR) is 85.7 cm³/mol. The van der Waals surface area contributed by atoms with Crippen molar-refractivity contribution in [1.82, 2.24) is 9.97 Å². The average Bonchev–Trinajstić information content (AvgIpc) is 2.95. The van der Waals surface area contributed by atoms with Gasteiger partial charge in [0.15, 0.2) is 5.16 Å². The first-order valence-electron chi connectivity index (χ1n) is 6.40. The molecule has 0 unspecified atom stereocenters. The highest BCUT2D eigenvalue weighted by molar-refractivity contribution is 7.99. The quantitative estimate of drug-likeness (QED) is 0.668. The summed E-state index contributed by atoms with van der Waals surface area (Å²) >= 11 is 2.92. The molecule has 2 aromatic rings. The molecule has 0 saturated heterocycles. The molecule has 0 aliphatic carbocycles. The highest BCUT2D eigenvalue weighted by Gasteiger charge is 2.18. The molecule has 1 aliphatic heterocycles. The fraction of sp³-hybridized carbons (Fsp3) is 0.214. The second kappa shape index (κ2) is 6.36. The molecule has 1 amide bonds. The van der Waals surface area contributed by atoms with Gasteiger partial charge in [-0.2, -0.15) is 11.8 Å². The van der Waals surface area contributed by atoms with Crippen LogP contribution in [0.2, 0.25) is 0 Å². The molecule has 5 nitrogen and oxygen atoms in total. The fourth-order valence-electron chi connectivity index (χ4n) is 1.96. The van der Waals surface area contributed by atoms with Crippen molar-refractivity contribution < 1.29 is 4.79 Å². The Kier molecular flexibility index (Phi) is 4.31. The lowest BCUT2D eigenvalue weighted by Crippen LogP contribution is -2.17. The van der Waals surface area contributed by atoms with E-state index in [0.29, 0.717) is 5.16 Å². The van der Waals surface area contributed by atoms with Crippen molar-refractivity contribution in [2.24, 2.45) is 0 Å². The third-order valence-corrected chi connectivity index (χ3v) is 4.81. The first kappa shape index (κ1) is 14.2. The molecule has 3 rings (SSSR count). The number of fused-ring (bicyclic) bond motifs is 1. The van der Waals surface area contributed by atoms with E-state index in [-0.39, 0.29) is 17.2 Å². The predicted octanol–water partition coefficient (Wildman–Crippen LogP) is 2.25. The molecule has 0 saturated carbocycles. The molecule has 0 bridgehead atoms. The number of H-pyrrole nitrogens is 1. The van der Waals surface area contributed by atoms with Gasteiger partial charge in [-0.1, -0.05) is 30.0 Å². The van der Waals surface area contributed by atoms with E-state index in [1.54, 1.807) is 11.8 Å². The first-order chi connectivity index (χ1) is 10.2. The van der Waals surface area contributed by atoms with Gasteiger partial charge in [0, 0.05) is 22.8 Å². The van der Waals surface area contributed by atoms with E-state index in [0.717, 1.165) is 28.5 Å². The van der Waals surface area contributed by atoms with E-state index in [1.165, 1.54) is 11.8 Å². The zero-order chi connectivity index (χ0) is 14.7. The van der Waals surface area contributed by atoms with Crippen molar-refractivity contribution in [3.05, 3.63) is 51.9 Å². The standard InChI is InChI=1S/C14H13N3O2S2/c18-12(15-9-4-2-1-3-5-9)8-21-14-16-11-7-20-6-10(11)13(19)17-14/h1-5H,6-8H2,(H,15,18)(H,16,17,19). The molecule has 2 heterocycles. The molecular formula is C14H13N3O2S2. The number of carbonyl (C=O) groups is 1. The summed E-state index contributed by atoms with van der Waals surface area (Å²) < 4.78 is 0. The summed E-state index contributed by atoms with van der Waals surface area (Å²) in [7, 11) is 0. The zero-order valence-electron chi connectivity index (χ0n) is 11.1. The van der Waals surface area contributed by atoms with Crippen molar-refractivity contribution in [3.8, 4) is 0 Å². The van der Waals surface area contributed by atoms with Crippen LogP contribution in [0.25, 0.3) is 0 Å². The number of hydrogen-bond acceptors (Lipinski definition) is 5. The molecule has 2 N–H and O–H groups in total. The number of para-hydroxylation sites is 1. The third-order valence-electron chi connectivity index (χ3n) is 2.96. The Morgan fingerprint density at radius 3 is 2.95 bits per heavy atom. The van der Waals surface area contributed by atoms with Crippen molar-refractivity contribution in [2.45, 2.75) is 16.7 Å². The van der Waals surface area contributed by atoms with E-state index >= 15 is 0 Å². The number of rotatable bonds is 4. The number of aromatic amines is 1. The number of anilines is 1. The van der Waals surface area contributed by atoms with Gasteiger partial charge in [0.1, 0.15) is 0 Å². The minimum absolute atomic E-state index is 0.0871. The van der Waals surface area contributed by atoms with Crippen molar-refractivity contribution in [1.29, 1.82) is 0 Å². The lowest BCUT2D eigenvalue weighted by Gasteiger charge is -2.05. The summed E-state index contributed by atoms with van der Waals surface area (Å²) in [6.45, 7) is 0. The number of hydrogen-bond donors (Lipinski definition) is 2. The van der Waals surface area contributed by atoms with Gasteiger partial charge in [0.25, 0.3) is 5.56 Å². The second-order valence-corrected chi connectivity index (χ2v) is 6.44. The van der Waals surface area contributed by atoms with Gasteiger partial charge in [-0.05, 0) is 12.1 Å². The molecule has 0 spiro atoms. The molecule has 108 valence electrons. The fourth-order valence-corrected chi connectivity index (χ4v) is 3.68. The van der Waals surface area contributed by atoms with E-state index in [2.05, 4.69) is 15.3 Å². The molecule has 21 heavy (non-hydrogen) atoms. The van der Waals surface area contributed by atoms with Crippen molar-refractivity contribution in [3.63, 3.8) is 0 Å². The lowest BCUT2D eigenvalue weighted by atomic mass is 10.3. The largest absolute Gasteiger partial charge is 0.325 e. The number of aromatic nitrogens is 2. The summed E-state index contributed by atoms with van der Waals surface area (Å²) in [6, 6.07) is 9.27. The Morgan fingerprint density at radius 2 is 2.14 bits per heavy atom. The maximum atomic E-state index is 11.8. The Hall–Kier alpha value is -1.73. The number of amides is 1. The normalized spacial score (nSPS) is 13.0. The summed E-state index contributed by atoms with van der Waals surface area (Å²) in [5, 5.41) is 3.30. The first-order valence-corrected chi connectivity index (χ1v) is 8.54. The number of carbonyl (C=O) groups excluding carboxylic acids is 1. The van der Waals surface area contributed by atoms with Gasteiger partial charge in [-0.15, -0.1) is 0 Å². The molecule has 1 aromatic heterocycles. The molecule has 0 fully saturated rings. The van der Waals surface area contributed by atoms with Gasteiger partial charge in [0.05, 0.1) is 11.4 Å². The summed E-state index contributed by atoms with van der Waals surface area (Å²) in [4.78, 5) is 30.8. The molecule has 0 atom stereocenters. The minimum atomic E-state index is -0.122. The van der Waals surface area contributed by atoms with Crippen molar-refractivity contribution in [2.75, 3.05) is 11.1 Å². The Bertz CT molecular complexity index is 716. The van der Waals surface area contributed by atoms with Crippen LogP contribution in [-0.2, 0) is 16.3 Å². The van der Waals surface area contributed by atoms with Gasteiger partial charge in [-0.25, -0.2) is 4.98 Å². The average molecular weight is 319 g/mol. The van der Waals surface area contributed by atoms with Crippen LogP contribution in [0.3, 0.4) is 0 Å². The minimum Gasteiger partial charge on any atom is -0.325 e. The topological polar surface area (TPSA) is 74.8 Å².